The number of benzene rings is 2. The third kappa shape index (κ3) is 2.74. The van der Waals surface area contributed by atoms with Crippen LogP contribution in [0, 0.1) is 0 Å². The summed E-state index contributed by atoms with van der Waals surface area (Å²) in [5.41, 5.74) is 3.39. The highest BCUT2D eigenvalue weighted by molar-refractivity contribution is 6.33. The number of nitrogens with zero attached hydrogens (tertiary/aromatic N) is 3. The van der Waals surface area contributed by atoms with Crippen LogP contribution in [-0.4, -0.2) is 42.0 Å². The normalized spacial score (nSPS) is 13.5. The van der Waals surface area contributed by atoms with E-state index in [2.05, 4.69) is 18.7 Å². The van der Waals surface area contributed by atoms with Gasteiger partial charge < -0.3 is 9.80 Å². The van der Waals surface area contributed by atoms with Gasteiger partial charge >= 0.3 is 0 Å². The number of pyridine rings is 1. The number of aromatic nitrogens is 1. The van der Waals surface area contributed by atoms with E-state index >= 15 is 0 Å². The molecule has 0 atom stereocenters. The van der Waals surface area contributed by atoms with Gasteiger partial charge in [0, 0.05) is 22.3 Å². The highest BCUT2D eigenvalue weighted by Crippen LogP contribution is 2.40. The van der Waals surface area contributed by atoms with Gasteiger partial charge in [-0.2, -0.15) is 0 Å². The van der Waals surface area contributed by atoms with Crippen molar-refractivity contribution in [2.75, 3.05) is 31.1 Å². The molecule has 0 bridgehead atoms. The minimum absolute atomic E-state index is 0.0606. The van der Waals surface area contributed by atoms with Gasteiger partial charge in [0.05, 0.1) is 22.3 Å². The fourth-order valence-electron chi connectivity index (χ4n) is 3.85. The predicted octanol–water partition coefficient (Wildman–Crippen LogP) is 4.73. The van der Waals surface area contributed by atoms with Gasteiger partial charge in [0.15, 0.2) is 0 Å². The smallest absolute Gasteiger partial charge is 0.259 e. The minimum atomic E-state index is 0.0606. The number of amides is 1. The molecule has 0 aliphatic carbocycles. The molecule has 2 heterocycles. The number of hydrogen-bond donors (Lipinski definition) is 0. The molecule has 2 aromatic carbocycles. The molecule has 4 rings (SSSR count). The molecule has 0 saturated carbocycles. The van der Waals surface area contributed by atoms with Gasteiger partial charge in [-0.3, -0.25) is 4.79 Å². The van der Waals surface area contributed by atoms with Crippen LogP contribution in [0.2, 0.25) is 5.02 Å². The Morgan fingerprint density at radius 3 is 2.69 bits per heavy atom. The fourth-order valence-corrected chi connectivity index (χ4v) is 4.03. The fraction of sp³-hybridized carbons (Fsp3) is 0.333. The molecule has 1 aliphatic rings. The Hall–Kier alpha value is -2.17. The molecule has 0 saturated heterocycles. The van der Waals surface area contributed by atoms with E-state index < -0.39 is 0 Å². The van der Waals surface area contributed by atoms with Crippen LogP contribution >= 0.6 is 11.6 Å². The molecular formula is C21H22ClN3O. The van der Waals surface area contributed by atoms with Crippen LogP contribution in [0.5, 0.6) is 0 Å². The molecule has 26 heavy (non-hydrogen) atoms. The van der Waals surface area contributed by atoms with Crippen molar-refractivity contribution in [2.24, 2.45) is 0 Å². The van der Waals surface area contributed by atoms with Crippen LogP contribution in [0.15, 0.2) is 36.4 Å². The summed E-state index contributed by atoms with van der Waals surface area (Å²) in [7, 11) is 0. The summed E-state index contributed by atoms with van der Waals surface area (Å²) in [6, 6.07) is 11.5. The summed E-state index contributed by atoms with van der Waals surface area (Å²) < 4.78 is 0. The standard InChI is InChI=1S/C21H22ClN3O/c1-3-24(4-2)11-6-12-25-18-8-5-7-17-20(18)19(21(25)26)15-13-14(22)9-10-16(15)23-17/h5,7-10,13H,3-4,6,11-12H2,1-2H3. The zero-order valence-electron chi connectivity index (χ0n) is 15.1. The number of carbonyl (C=O) groups excluding carboxylic acids is 1. The SMILES string of the molecule is CCN(CC)CCCN1C(=O)c2c3cc(Cl)ccc3nc3cccc1c23. The summed E-state index contributed by atoms with van der Waals surface area (Å²) >= 11 is 6.19. The van der Waals surface area contributed by atoms with Gasteiger partial charge in [0.25, 0.3) is 5.91 Å². The Labute approximate surface area is 158 Å². The Morgan fingerprint density at radius 1 is 1.12 bits per heavy atom. The van der Waals surface area contributed by atoms with Crippen molar-refractivity contribution in [1.82, 2.24) is 9.88 Å². The second kappa shape index (κ2) is 6.86. The van der Waals surface area contributed by atoms with Crippen LogP contribution < -0.4 is 4.90 Å². The number of rotatable bonds is 6. The lowest BCUT2D eigenvalue weighted by Crippen LogP contribution is -2.32. The zero-order valence-corrected chi connectivity index (χ0v) is 15.9. The highest BCUT2D eigenvalue weighted by atomic mass is 35.5. The van der Waals surface area contributed by atoms with E-state index in [-0.39, 0.29) is 5.91 Å². The van der Waals surface area contributed by atoms with Crippen LogP contribution in [0.1, 0.15) is 30.6 Å². The van der Waals surface area contributed by atoms with Crippen molar-refractivity contribution >= 4 is 45.0 Å². The maximum Gasteiger partial charge on any atom is 0.259 e. The average molecular weight is 368 g/mol. The number of hydrogen-bond acceptors (Lipinski definition) is 3. The number of anilines is 1. The molecule has 0 unspecified atom stereocenters. The first-order valence-electron chi connectivity index (χ1n) is 9.20. The Bertz CT molecular complexity index is 997. The maximum atomic E-state index is 13.3. The van der Waals surface area contributed by atoms with Gasteiger partial charge in [-0.1, -0.05) is 31.5 Å². The van der Waals surface area contributed by atoms with Crippen molar-refractivity contribution in [2.45, 2.75) is 20.3 Å². The van der Waals surface area contributed by atoms with Crippen LogP contribution in [-0.2, 0) is 0 Å². The van der Waals surface area contributed by atoms with Crippen molar-refractivity contribution < 1.29 is 4.79 Å². The second-order valence-corrected chi connectivity index (χ2v) is 7.09. The summed E-state index contributed by atoms with van der Waals surface area (Å²) in [5.74, 6) is 0.0606. The highest BCUT2D eigenvalue weighted by Gasteiger charge is 2.32. The average Bonchev–Trinajstić information content (AvgIpc) is 2.93. The van der Waals surface area contributed by atoms with E-state index in [1.807, 2.05) is 41.3 Å². The summed E-state index contributed by atoms with van der Waals surface area (Å²) in [6.07, 6.45) is 0.948. The molecule has 4 nitrogen and oxygen atoms in total. The molecule has 0 N–H and O–H groups in total. The third-order valence-electron chi connectivity index (χ3n) is 5.24. The third-order valence-corrected chi connectivity index (χ3v) is 5.47. The molecule has 1 aliphatic heterocycles. The topological polar surface area (TPSA) is 36.4 Å². The molecule has 134 valence electrons. The molecule has 3 aromatic rings. The van der Waals surface area contributed by atoms with Gasteiger partial charge in [-0.05, 0) is 56.4 Å². The molecule has 1 aromatic heterocycles. The molecule has 0 spiro atoms. The largest absolute Gasteiger partial charge is 0.308 e. The number of fused-ring (bicyclic) bond motifs is 2. The number of carbonyl (C=O) groups is 1. The first-order valence-corrected chi connectivity index (χ1v) is 9.58. The van der Waals surface area contributed by atoms with Gasteiger partial charge in [0.1, 0.15) is 0 Å². The monoisotopic (exact) mass is 367 g/mol. The number of halogens is 1. The lowest BCUT2D eigenvalue weighted by atomic mass is 10.0. The van der Waals surface area contributed by atoms with E-state index in [1.165, 1.54) is 0 Å². The van der Waals surface area contributed by atoms with Gasteiger partial charge in [-0.25, -0.2) is 4.98 Å². The Balaban J connectivity index is 1.75. The van der Waals surface area contributed by atoms with Gasteiger partial charge in [0.2, 0.25) is 0 Å². The minimum Gasteiger partial charge on any atom is -0.308 e. The van der Waals surface area contributed by atoms with Gasteiger partial charge in [-0.15, -0.1) is 0 Å². The van der Waals surface area contributed by atoms with Crippen molar-refractivity contribution in [3.63, 3.8) is 0 Å². The predicted molar refractivity (Wildman–Crippen MR) is 108 cm³/mol. The molecule has 1 amide bonds. The lowest BCUT2D eigenvalue weighted by molar-refractivity contribution is 0.0993. The zero-order chi connectivity index (χ0) is 18.3. The van der Waals surface area contributed by atoms with Crippen LogP contribution in [0.4, 0.5) is 5.69 Å². The van der Waals surface area contributed by atoms with E-state index in [0.717, 1.165) is 59.1 Å². The molecule has 0 radical (unpaired) electrons. The van der Waals surface area contributed by atoms with Crippen molar-refractivity contribution in [3.8, 4) is 0 Å². The summed E-state index contributed by atoms with van der Waals surface area (Å²) in [6.45, 7) is 8.12. The van der Waals surface area contributed by atoms with E-state index in [9.17, 15) is 4.79 Å². The van der Waals surface area contributed by atoms with E-state index in [1.54, 1.807) is 0 Å². The van der Waals surface area contributed by atoms with E-state index in [0.29, 0.717) is 11.6 Å². The lowest BCUT2D eigenvalue weighted by Gasteiger charge is -2.21. The first kappa shape index (κ1) is 17.3. The molecular weight excluding hydrogens is 346 g/mol. The Morgan fingerprint density at radius 2 is 1.92 bits per heavy atom. The molecule has 5 heteroatoms. The van der Waals surface area contributed by atoms with Crippen LogP contribution in [0.25, 0.3) is 21.8 Å². The molecule has 0 fully saturated rings. The quantitative estimate of drug-likeness (QED) is 0.591. The summed E-state index contributed by atoms with van der Waals surface area (Å²) in [5, 5.41) is 2.42. The maximum absolute atomic E-state index is 13.3. The first-order chi connectivity index (χ1) is 12.6. The Kier molecular flexibility index (Phi) is 4.55. The summed E-state index contributed by atoms with van der Waals surface area (Å²) in [4.78, 5) is 22.3. The van der Waals surface area contributed by atoms with Crippen molar-refractivity contribution in [3.05, 3.63) is 47.0 Å². The second-order valence-electron chi connectivity index (χ2n) is 6.66. The van der Waals surface area contributed by atoms with Crippen molar-refractivity contribution in [1.29, 1.82) is 0 Å². The van der Waals surface area contributed by atoms with E-state index in [4.69, 9.17) is 16.6 Å². The van der Waals surface area contributed by atoms with Crippen LogP contribution in [0.3, 0.4) is 0 Å².